The van der Waals surface area contributed by atoms with E-state index in [4.69, 9.17) is 11.6 Å². The molecule has 0 aliphatic heterocycles. The van der Waals surface area contributed by atoms with Crippen LogP contribution < -0.4 is 15.4 Å². The summed E-state index contributed by atoms with van der Waals surface area (Å²) in [5.41, 5.74) is 0.312. The molecule has 0 atom stereocenters. The molecule has 104 valence electrons. The number of halogens is 4. The van der Waals surface area contributed by atoms with Crippen LogP contribution in [0.25, 0.3) is 0 Å². The molecule has 0 saturated carbocycles. The number of carbonyl (C=O) groups excluding carboxylic acids is 1. The Kier molecular flexibility index (Phi) is 5.05. The lowest BCUT2D eigenvalue weighted by atomic mass is 10.3. The number of ether oxygens (including phenoxy) is 1. The molecule has 2 N–H and O–H groups in total. The number of urea groups is 1. The third-order valence-electron chi connectivity index (χ3n) is 1.79. The lowest BCUT2D eigenvalue weighted by Gasteiger charge is -2.10. The number of benzene rings is 1. The molecule has 0 spiro atoms. The van der Waals surface area contributed by atoms with Gasteiger partial charge in [0.25, 0.3) is 0 Å². The van der Waals surface area contributed by atoms with Gasteiger partial charge in [-0.25, -0.2) is 4.79 Å². The highest BCUT2D eigenvalue weighted by Crippen LogP contribution is 2.23. The first kappa shape index (κ1) is 15.2. The number of hydrogen-bond donors (Lipinski definition) is 2. The number of amides is 2. The molecular formula is C11H10ClF3N2O2. The van der Waals surface area contributed by atoms with Crippen molar-refractivity contribution in [2.75, 3.05) is 11.9 Å². The van der Waals surface area contributed by atoms with E-state index < -0.39 is 12.4 Å². The van der Waals surface area contributed by atoms with Crippen LogP contribution in [-0.2, 0) is 0 Å². The van der Waals surface area contributed by atoms with Crippen molar-refractivity contribution in [1.82, 2.24) is 5.32 Å². The molecule has 1 aromatic rings. The van der Waals surface area contributed by atoms with Gasteiger partial charge in [0, 0.05) is 10.7 Å². The monoisotopic (exact) mass is 294 g/mol. The highest BCUT2D eigenvalue weighted by atomic mass is 35.5. The molecule has 4 nitrogen and oxygen atoms in total. The molecular weight excluding hydrogens is 285 g/mol. The summed E-state index contributed by atoms with van der Waals surface area (Å²) >= 11 is 5.45. The zero-order valence-corrected chi connectivity index (χ0v) is 10.3. The van der Waals surface area contributed by atoms with E-state index >= 15 is 0 Å². The Balaban J connectivity index is 2.52. The van der Waals surface area contributed by atoms with Gasteiger partial charge in [-0.1, -0.05) is 18.2 Å². The number of alkyl halides is 3. The molecule has 2 amide bonds. The Morgan fingerprint density at radius 2 is 1.89 bits per heavy atom. The minimum Gasteiger partial charge on any atom is -0.406 e. The Morgan fingerprint density at radius 3 is 2.37 bits per heavy atom. The van der Waals surface area contributed by atoms with Crippen molar-refractivity contribution in [1.29, 1.82) is 0 Å². The van der Waals surface area contributed by atoms with Gasteiger partial charge in [0.1, 0.15) is 5.75 Å². The topological polar surface area (TPSA) is 50.4 Å². The average Bonchev–Trinajstić information content (AvgIpc) is 2.27. The maximum Gasteiger partial charge on any atom is 0.573 e. The standard InChI is InChI=1S/C11H10ClF3N2O2/c1-7(12)6-16-10(18)17-8-2-4-9(5-3-8)19-11(13,14)15/h2-5H,1,6H2,(H2,16,17,18). The summed E-state index contributed by atoms with van der Waals surface area (Å²) in [6.07, 6.45) is -4.74. The van der Waals surface area contributed by atoms with Crippen molar-refractivity contribution >= 4 is 23.3 Å². The number of nitrogens with one attached hydrogen (secondary N) is 2. The summed E-state index contributed by atoms with van der Waals surface area (Å²) in [5, 5.41) is 5.05. The van der Waals surface area contributed by atoms with Crippen molar-refractivity contribution < 1.29 is 22.7 Å². The molecule has 8 heteroatoms. The SMILES string of the molecule is C=C(Cl)CNC(=O)Nc1ccc(OC(F)(F)F)cc1. The Bertz CT molecular complexity index is 460. The van der Waals surface area contributed by atoms with Gasteiger partial charge in [0.05, 0.1) is 6.54 Å². The van der Waals surface area contributed by atoms with E-state index in [1.807, 2.05) is 0 Å². The van der Waals surface area contributed by atoms with Gasteiger partial charge >= 0.3 is 12.4 Å². The summed E-state index contributed by atoms with van der Waals surface area (Å²) in [4.78, 5) is 11.3. The largest absolute Gasteiger partial charge is 0.573 e. The van der Waals surface area contributed by atoms with Crippen LogP contribution in [0, 0.1) is 0 Å². The Morgan fingerprint density at radius 1 is 1.32 bits per heavy atom. The second kappa shape index (κ2) is 6.33. The summed E-state index contributed by atoms with van der Waals surface area (Å²) < 4.78 is 39.4. The second-order valence-electron chi connectivity index (χ2n) is 3.40. The summed E-state index contributed by atoms with van der Waals surface area (Å²) in [7, 11) is 0. The van der Waals surface area contributed by atoms with Crippen LogP contribution >= 0.6 is 11.6 Å². The van der Waals surface area contributed by atoms with Gasteiger partial charge in [-0.05, 0) is 24.3 Å². The van der Waals surface area contributed by atoms with Gasteiger partial charge < -0.3 is 15.4 Å². The Labute approximate surface area is 112 Å². The van der Waals surface area contributed by atoms with E-state index in [0.717, 1.165) is 12.1 Å². The molecule has 0 unspecified atom stereocenters. The maximum absolute atomic E-state index is 11.9. The molecule has 0 aliphatic carbocycles. The number of rotatable bonds is 4. The van der Waals surface area contributed by atoms with Gasteiger partial charge in [-0.2, -0.15) is 0 Å². The first-order chi connectivity index (χ1) is 8.76. The predicted molar refractivity (Wildman–Crippen MR) is 65.1 cm³/mol. The molecule has 19 heavy (non-hydrogen) atoms. The van der Waals surface area contributed by atoms with E-state index in [-0.39, 0.29) is 17.3 Å². The molecule has 1 aromatic carbocycles. The highest BCUT2D eigenvalue weighted by molar-refractivity contribution is 6.29. The first-order valence-corrected chi connectivity index (χ1v) is 5.38. The first-order valence-electron chi connectivity index (χ1n) is 5.00. The van der Waals surface area contributed by atoms with Crippen LogP contribution in [0.5, 0.6) is 5.75 Å². The average molecular weight is 295 g/mol. The third kappa shape index (κ3) is 6.56. The van der Waals surface area contributed by atoms with Gasteiger partial charge in [0.15, 0.2) is 0 Å². The molecule has 0 radical (unpaired) electrons. The fourth-order valence-corrected chi connectivity index (χ4v) is 1.16. The smallest absolute Gasteiger partial charge is 0.406 e. The van der Waals surface area contributed by atoms with Crippen LogP contribution in [0.4, 0.5) is 23.7 Å². The van der Waals surface area contributed by atoms with Crippen molar-refractivity contribution in [2.24, 2.45) is 0 Å². The molecule has 0 saturated heterocycles. The number of carbonyl (C=O) groups is 1. The van der Waals surface area contributed by atoms with E-state index in [9.17, 15) is 18.0 Å². The molecule has 0 bridgehead atoms. The molecule has 0 aliphatic rings. The Hall–Kier alpha value is -1.89. The summed E-state index contributed by atoms with van der Waals surface area (Å²) in [6.45, 7) is 3.47. The van der Waals surface area contributed by atoms with Crippen LogP contribution in [0.15, 0.2) is 35.9 Å². The van der Waals surface area contributed by atoms with Crippen LogP contribution in [0.1, 0.15) is 0 Å². The van der Waals surface area contributed by atoms with Crippen LogP contribution in [-0.4, -0.2) is 18.9 Å². The molecule has 0 heterocycles. The summed E-state index contributed by atoms with van der Waals surface area (Å²) in [6, 6.07) is 4.17. The lowest BCUT2D eigenvalue weighted by Crippen LogP contribution is -2.29. The van der Waals surface area contributed by atoms with Crippen molar-refractivity contribution in [3.8, 4) is 5.75 Å². The third-order valence-corrected chi connectivity index (χ3v) is 1.92. The number of anilines is 1. The zero-order valence-electron chi connectivity index (χ0n) is 9.55. The molecule has 0 fully saturated rings. The normalized spacial score (nSPS) is 10.7. The summed E-state index contributed by atoms with van der Waals surface area (Å²) in [5.74, 6) is -0.368. The van der Waals surface area contributed by atoms with Gasteiger partial charge in [-0.15, -0.1) is 13.2 Å². The molecule has 1 rings (SSSR count). The van der Waals surface area contributed by atoms with Crippen molar-refractivity contribution in [3.63, 3.8) is 0 Å². The quantitative estimate of drug-likeness (QED) is 0.893. The zero-order chi connectivity index (χ0) is 14.5. The number of hydrogen-bond acceptors (Lipinski definition) is 2. The fourth-order valence-electron chi connectivity index (χ4n) is 1.09. The van der Waals surface area contributed by atoms with Gasteiger partial charge in [0.2, 0.25) is 0 Å². The second-order valence-corrected chi connectivity index (χ2v) is 3.93. The molecule has 0 aromatic heterocycles. The van der Waals surface area contributed by atoms with Gasteiger partial charge in [-0.3, -0.25) is 0 Å². The maximum atomic E-state index is 11.9. The van der Waals surface area contributed by atoms with E-state index in [1.54, 1.807) is 0 Å². The van der Waals surface area contributed by atoms with E-state index in [0.29, 0.717) is 5.69 Å². The minimum absolute atomic E-state index is 0.0860. The van der Waals surface area contributed by atoms with Crippen LogP contribution in [0.3, 0.4) is 0 Å². The predicted octanol–water partition coefficient (Wildman–Crippen LogP) is 3.46. The van der Waals surface area contributed by atoms with Crippen molar-refractivity contribution in [2.45, 2.75) is 6.36 Å². The fraction of sp³-hybridized carbons (Fsp3) is 0.182. The highest BCUT2D eigenvalue weighted by Gasteiger charge is 2.30. The van der Waals surface area contributed by atoms with Crippen LogP contribution in [0.2, 0.25) is 0 Å². The lowest BCUT2D eigenvalue weighted by molar-refractivity contribution is -0.274. The van der Waals surface area contributed by atoms with E-state index in [2.05, 4.69) is 21.9 Å². The van der Waals surface area contributed by atoms with Crippen molar-refractivity contribution in [3.05, 3.63) is 35.9 Å². The minimum atomic E-state index is -4.74. The van der Waals surface area contributed by atoms with E-state index in [1.165, 1.54) is 12.1 Å².